The fourth-order valence-electron chi connectivity index (χ4n) is 11.6. The molecule has 0 radical (unpaired) electrons. The summed E-state index contributed by atoms with van der Waals surface area (Å²) < 4.78 is 17.2. The van der Waals surface area contributed by atoms with Crippen LogP contribution in [0.1, 0.15) is 60.8 Å². The second-order valence-corrected chi connectivity index (χ2v) is 15.4. The van der Waals surface area contributed by atoms with Gasteiger partial charge in [0.1, 0.15) is 6.61 Å². The quantitative estimate of drug-likeness (QED) is 0.347. The first-order valence-electron chi connectivity index (χ1n) is 17.9. The Kier molecular flexibility index (Phi) is 6.89. The molecule has 4 aliphatic heterocycles. The van der Waals surface area contributed by atoms with Crippen LogP contribution in [0.25, 0.3) is 0 Å². The van der Waals surface area contributed by atoms with Crippen molar-refractivity contribution in [3.8, 4) is 23.0 Å². The second kappa shape index (κ2) is 10.8. The largest absolute Gasteiger partial charge is 0.504 e. The number of hydrogen-bond acceptors (Lipinski definition) is 11. The lowest BCUT2D eigenvalue weighted by Gasteiger charge is -2.62. The van der Waals surface area contributed by atoms with Crippen LogP contribution in [0.15, 0.2) is 49.6 Å². The zero-order valence-corrected chi connectivity index (χ0v) is 28.3. The Morgan fingerprint density at radius 2 is 1.33 bits per heavy atom. The standard InChI is InChI=1S/C20H21NO6.C19H21NO4/c1-2-9-26-18(24)21-8-7-19-15-11-3-4-12(22)16(15)27-17(19)13(23)5-6-20(19,25)14(21)10-11;1-2-8-20-9-7-18-15-11-3-4-12(21)16(15)24-17(18)13(22)5-6-19(18,23)14(20)10-11/h2-4,14,17,22,25H,1,5-10H2;2-4,14,17,21,23H,1,5-10H2/t14-,17+,19+,20?;14-,17+,18+,19?/m11/s1. The molecule has 2 unspecified atom stereocenters. The van der Waals surface area contributed by atoms with Crippen molar-refractivity contribution in [3.63, 3.8) is 0 Å². The summed E-state index contributed by atoms with van der Waals surface area (Å²) in [6.45, 7) is 9.37. The highest BCUT2D eigenvalue weighted by atomic mass is 16.6. The number of benzene rings is 2. The Balaban J connectivity index is 0.000000137. The average Bonchev–Trinajstić information content (AvgIpc) is 3.66. The summed E-state index contributed by atoms with van der Waals surface area (Å²) in [4.78, 5) is 41.8. The third-order valence-corrected chi connectivity index (χ3v) is 13.5. The van der Waals surface area contributed by atoms with Gasteiger partial charge in [0, 0.05) is 49.6 Å². The molecule has 4 fully saturated rings. The number of ether oxygens (including phenoxy) is 3. The van der Waals surface area contributed by atoms with E-state index in [2.05, 4.69) is 18.1 Å². The van der Waals surface area contributed by atoms with Crippen LogP contribution < -0.4 is 9.47 Å². The Morgan fingerprint density at radius 1 is 0.804 bits per heavy atom. The van der Waals surface area contributed by atoms with Gasteiger partial charge in [-0.2, -0.15) is 0 Å². The number of piperidine rings is 2. The van der Waals surface area contributed by atoms with Crippen molar-refractivity contribution in [2.45, 2.75) is 97.7 Å². The zero-order chi connectivity index (χ0) is 35.7. The number of likely N-dealkylation sites (tertiary alicyclic amines) is 2. The summed E-state index contributed by atoms with van der Waals surface area (Å²) in [6.07, 6.45) is 4.78. The van der Waals surface area contributed by atoms with Crippen molar-refractivity contribution in [3.05, 3.63) is 71.8 Å². The maximum Gasteiger partial charge on any atom is 0.410 e. The lowest BCUT2D eigenvalue weighted by molar-refractivity contribution is -0.187. The van der Waals surface area contributed by atoms with Gasteiger partial charge in [0.25, 0.3) is 0 Å². The van der Waals surface area contributed by atoms with Crippen molar-refractivity contribution in [2.75, 3.05) is 26.2 Å². The van der Waals surface area contributed by atoms with Crippen molar-refractivity contribution >= 4 is 17.7 Å². The number of hydrogen-bond donors (Lipinski definition) is 4. The van der Waals surface area contributed by atoms with E-state index in [1.54, 1.807) is 23.1 Å². The molecule has 4 N–H and O–H groups in total. The summed E-state index contributed by atoms with van der Waals surface area (Å²) in [7, 11) is 0. The minimum atomic E-state index is -1.30. The number of ketones is 2. The van der Waals surface area contributed by atoms with Gasteiger partial charge in [-0.1, -0.05) is 30.9 Å². The van der Waals surface area contributed by atoms with E-state index in [1.165, 1.54) is 6.08 Å². The molecule has 2 aromatic rings. The average molecular weight is 699 g/mol. The van der Waals surface area contributed by atoms with Crippen LogP contribution in [0.5, 0.6) is 23.0 Å². The number of aliphatic hydroxyl groups is 2. The van der Waals surface area contributed by atoms with E-state index in [9.17, 15) is 34.8 Å². The van der Waals surface area contributed by atoms with Crippen molar-refractivity contribution in [1.82, 2.24) is 9.80 Å². The summed E-state index contributed by atoms with van der Waals surface area (Å²) in [5.41, 5.74) is -0.326. The molecule has 2 spiro atoms. The molecule has 12 heteroatoms. The topological polar surface area (TPSA) is 166 Å². The highest BCUT2D eigenvalue weighted by Crippen LogP contribution is 2.66. The monoisotopic (exact) mass is 698 g/mol. The lowest BCUT2D eigenvalue weighted by Crippen LogP contribution is -2.77. The normalized spacial score (nSPS) is 37.2. The molecule has 0 aromatic heterocycles. The smallest absolute Gasteiger partial charge is 0.410 e. The molecule has 2 saturated heterocycles. The summed E-state index contributed by atoms with van der Waals surface area (Å²) >= 11 is 0. The van der Waals surface area contributed by atoms with Gasteiger partial charge in [0.15, 0.2) is 46.8 Å². The van der Waals surface area contributed by atoms with E-state index in [-0.39, 0.29) is 48.6 Å². The third-order valence-electron chi connectivity index (χ3n) is 13.5. The van der Waals surface area contributed by atoms with Gasteiger partial charge < -0.3 is 39.5 Å². The van der Waals surface area contributed by atoms with E-state index in [4.69, 9.17) is 14.2 Å². The van der Waals surface area contributed by atoms with Gasteiger partial charge in [-0.15, -0.1) is 6.58 Å². The first-order chi connectivity index (χ1) is 24.5. The summed E-state index contributed by atoms with van der Waals surface area (Å²) in [5.74, 6) is 0.760. The molecule has 8 atom stereocenters. The summed E-state index contributed by atoms with van der Waals surface area (Å²) in [5, 5.41) is 44.3. The number of phenols is 2. The first-order valence-corrected chi connectivity index (χ1v) is 17.9. The Bertz CT molecular complexity index is 1930. The van der Waals surface area contributed by atoms with E-state index in [0.29, 0.717) is 56.6 Å². The highest BCUT2D eigenvalue weighted by molar-refractivity contribution is 5.91. The molecule has 1 amide bonds. The fraction of sp³-hybridized carbons (Fsp3) is 0.513. The number of amides is 1. The minimum Gasteiger partial charge on any atom is -0.504 e. The predicted molar refractivity (Wildman–Crippen MR) is 181 cm³/mol. The van der Waals surface area contributed by atoms with Crippen LogP contribution in [-0.2, 0) is 38.0 Å². The van der Waals surface area contributed by atoms with E-state index in [0.717, 1.165) is 35.3 Å². The van der Waals surface area contributed by atoms with E-state index >= 15 is 0 Å². The third kappa shape index (κ3) is 3.82. The molecule has 12 nitrogen and oxygen atoms in total. The van der Waals surface area contributed by atoms with Gasteiger partial charge in [-0.3, -0.25) is 14.5 Å². The lowest BCUT2D eigenvalue weighted by atomic mass is 9.49. The number of nitrogens with zero attached hydrogens (tertiary/aromatic N) is 2. The number of phenolic OH excluding ortho intramolecular Hbond substituents is 2. The SMILES string of the molecule is C=CCN1CC[C@]23c4c5ccc(O)c4O[C@H]2C(=O)CCC3(O)[C@H]1C5.C=CCOC(=O)N1CC[C@]23c4c5ccc(O)c4O[C@H]2C(=O)CCC3(O)[C@H]1C5. The molecule has 268 valence electrons. The van der Waals surface area contributed by atoms with Crippen LogP contribution >= 0.6 is 0 Å². The predicted octanol–water partition coefficient (Wildman–Crippen LogP) is 2.74. The highest BCUT2D eigenvalue weighted by Gasteiger charge is 2.75. The number of carbonyl (C=O) groups excluding carboxylic acids is 3. The molecular formula is C39H42N2O10. The fourth-order valence-corrected chi connectivity index (χ4v) is 11.6. The van der Waals surface area contributed by atoms with Crippen LogP contribution in [0.4, 0.5) is 4.79 Å². The van der Waals surface area contributed by atoms with Crippen molar-refractivity contribution in [2.24, 2.45) is 0 Å². The summed E-state index contributed by atoms with van der Waals surface area (Å²) in [6, 6.07) is 6.35. The van der Waals surface area contributed by atoms with Crippen LogP contribution in [-0.4, -0.2) is 110 Å². The van der Waals surface area contributed by atoms with Gasteiger partial charge in [0.05, 0.1) is 28.1 Å². The Morgan fingerprint density at radius 3 is 1.88 bits per heavy atom. The van der Waals surface area contributed by atoms with Crippen LogP contribution in [0.3, 0.4) is 0 Å². The molecule has 8 aliphatic rings. The molecule has 2 saturated carbocycles. The van der Waals surface area contributed by atoms with Gasteiger partial charge in [0.2, 0.25) is 0 Å². The molecule has 4 bridgehead atoms. The zero-order valence-electron chi connectivity index (χ0n) is 28.3. The number of aromatic hydroxyl groups is 2. The molecule has 4 aliphatic carbocycles. The van der Waals surface area contributed by atoms with E-state index < -0.39 is 46.4 Å². The minimum absolute atomic E-state index is 0.0149. The molecule has 51 heavy (non-hydrogen) atoms. The van der Waals surface area contributed by atoms with Gasteiger partial charge in [-0.05, 0) is 61.8 Å². The van der Waals surface area contributed by atoms with Crippen molar-refractivity contribution < 1.29 is 49.0 Å². The van der Waals surface area contributed by atoms with Crippen molar-refractivity contribution in [1.29, 1.82) is 0 Å². The molecular weight excluding hydrogens is 656 g/mol. The van der Waals surface area contributed by atoms with Gasteiger partial charge in [-0.25, -0.2) is 4.79 Å². The molecule has 10 rings (SSSR count). The van der Waals surface area contributed by atoms with Gasteiger partial charge >= 0.3 is 6.09 Å². The Hall–Kier alpha value is -4.39. The maximum atomic E-state index is 12.7. The number of rotatable bonds is 4. The number of Topliss-reactive ketones (excluding diaryl/α,β-unsaturated/α-hetero) is 2. The van der Waals surface area contributed by atoms with E-state index in [1.807, 2.05) is 12.1 Å². The number of carbonyl (C=O) groups is 3. The first kappa shape index (κ1) is 32.5. The molecule has 4 heterocycles. The Labute approximate surface area is 294 Å². The maximum absolute atomic E-state index is 12.7. The molecule has 2 aromatic carbocycles. The second-order valence-electron chi connectivity index (χ2n) is 15.4. The van der Waals surface area contributed by atoms with Crippen LogP contribution in [0, 0.1) is 0 Å². The van der Waals surface area contributed by atoms with Crippen LogP contribution in [0.2, 0.25) is 0 Å².